The molecule has 0 aromatic heterocycles. The molecule has 0 amide bonds. The van der Waals surface area contributed by atoms with Crippen molar-refractivity contribution in [3.05, 3.63) is 12.2 Å². The Bertz CT molecular complexity index is 430. The molecule has 1 heterocycles. The van der Waals surface area contributed by atoms with Gasteiger partial charge in [-0.2, -0.15) is 0 Å². The lowest BCUT2D eigenvalue weighted by molar-refractivity contribution is -0.0944. The number of hydrogen-bond donors (Lipinski definition) is 2. The second-order valence-corrected chi connectivity index (χ2v) is 13.2. The van der Waals surface area contributed by atoms with Crippen molar-refractivity contribution in [3.8, 4) is 0 Å². The van der Waals surface area contributed by atoms with E-state index in [0.717, 1.165) is 32.1 Å². The first kappa shape index (κ1) is 20.1. The lowest BCUT2D eigenvalue weighted by Crippen LogP contribution is -2.35. The number of aliphatic hydroxyl groups excluding tert-OH is 1. The van der Waals surface area contributed by atoms with Crippen molar-refractivity contribution in [1.29, 1.82) is 0 Å². The van der Waals surface area contributed by atoms with E-state index in [1.807, 2.05) is 13.0 Å². The average Bonchev–Trinajstić information content (AvgIpc) is 2.90. The molecular formula is C19H36O4Si. The van der Waals surface area contributed by atoms with Crippen LogP contribution in [0.15, 0.2) is 12.2 Å². The van der Waals surface area contributed by atoms with Crippen molar-refractivity contribution in [3.63, 3.8) is 0 Å². The van der Waals surface area contributed by atoms with Gasteiger partial charge in [-0.15, -0.1) is 0 Å². The van der Waals surface area contributed by atoms with E-state index in [9.17, 15) is 10.2 Å². The van der Waals surface area contributed by atoms with Crippen LogP contribution >= 0.6 is 0 Å². The highest BCUT2D eigenvalue weighted by atomic mass is 28.4. The van der Waals surface area contributed by atoms with Gasteiger partial charge >= 0.3 is 0 Å². The molecule has 0 bridgehead atoms. The van der Waals surface area contributed by atoms with E-state index in [0.29, 0.717) is 12.3 Å². The Balaban J connectivity index is 2.05. The molecule has 4 nitrogen and oxygen atoms in total. The Morgan fingerprint density at radius 2 is 1.96 bits per heavy atom. The van der Waals surface area contributed by atoms with Gasteiger partial charge in [0.1, 0.15) is 0 Å². The molecule has 2 rings (SSSR count). The molecule has 5 heteroatoms. The quantitative estimate of drug-likeness (QED) is 0.394. The minimum atomic E-state index is -1.64. The summed E-state index contributed by atoms with van der Waals surface area (Å²) in [7, 11) is -1.64. The highest BCUT2D eigenvalue weighted by Gasteiger charge is 2.49. The summed E-state index contributed by atoms with van der Waals surface area (Å²) in [5.41, 5.74) is -0.769. The van der Waals surface area contributed by atoms with Crippen LogP contribution in [-0.2, 0) is 9.16 Å². The van der Waals surface area contributed by atoms with Crippen molar-refractivity contribution in [2.45, 2.75) is 96.1 Å². The molecule has 3 unspecified atom stereocenters. The third kappa shape index (κ3) is 5.66. The molecular weight excluding hydrogens is 320 g/mol. The molecule has 2 fully saturated rings. The van der Waals surface area contributed by atoms with Gasteiger partial charge in [0.2, 0.25) is 0 Å². The van der Waals surface area contributed by atoms with Gasteiger partial charge in [0.25, 0.3) is 0 Å². The van der Waals surface area contributed by atoms with Crippen molar-refractivity contribution in [2.75, 3.05) is 0 Å². The summed E-state index contributed by atoms with van der Waals surface area (Å²) in [6.07, 6.45) is 9.34. The predicted molar refractivity (Wildman–Crippen MR) is 99.2 cm³/mol. The number of rotatable bonds is 8. The number of aliphatic hydroxyl groups is 2. The monoisotopic (exact) mass is 356 g/mol. The Morgan fingerprint density at radius 3 is 2.58 bits per heavy atom. The van der Waals surface area contributed by atoms with Crippen LogP contribution in [0.4, 0.5) is 0 Å². The van der Waals surface area contributed by atoms with Gasteiger partial charge < -0.3 is 19.4 Å². The molecule has 24 heavy (non-hydrogen) atoms. The molecule has 2 N–H and O–H groups in total. The molecule has 6 atom stereocenters. The minimum absolute atomic E-state index is 0.0843. The van der Waals surface area contributed by atoms with E-state index in [1.165, 1.54) is 0 Å². The largest absolute Gasteiger partial charge is 0.414 e. The van der Waals surface area contributed by atoms with Crippen LogP contribution in [0, 0.1) is 11.8 Å². The van der Waals surface area contributed by atoms with E-state index in [-0.39, 0.29) is 18.1 Å². The molecule has 1 aliphatic carbocycles. The van der Waals surface area contributed by atoms with Gasteiger partial charge in [0.05, 0.1) is 17.8 Å². The maximum absolute atomic E-state index is 10.6. The van der Waals surface area contributed by atoms with E-state index >= 15 is 0 Å². The molecule has 1 saturated heterocycles. The van der Waals surface area contributed by atoms with Crippen LogP contribution in [0.3, 0.4) is 0 Å². The smallest absolute Gasteiger partial charge is 0.184 e. The highest BCUT2D eigenvalue weighted by molar-refractivity contribution is 6.69. The zero-order valence-electron chi connectivity index (χ0n) is 16.0. The maximum atomic E-state index is 10.6. The van der Waals surface area contributed by atoms with Gasteiger partial charge in [-0.3, -0.25) is 0 Å². The molecule has 140 valence electrons. The highest BCUT2D eigenvalue weighted by Crippen LogP contribution is 2.45. The van der Waals surface area contributed by atoms with Gasteiger partial charge in [0, 0.05) is 12.3 Å². The van der Waals surface area contributed by atoms with E-state index < -0.39 is 20.2 Å². The summed E-state index contributed by atoms with van der Waals surface area (Å²) in [5, 5.41) is 20.4. The lowest BCUT2D eigenvalue weighted by atomic mass is 9.89. The number of hydrogen-bond acceptors (Lipinski definition) is 4. The zero-order valence-corrected chi connectivity index (χ0v) is 17.0. The van der Waals surface area contributed by atoms with E-state index in [2.05, 4.69) is 32.6 Å². The number of unbranched alkanes of at least 4 members (excludes halogenated alkanes) is 2. The summed E-state index contributed by atoms with van der Waals surface area (Å²) in [6, 6.07) is 0. The second kappa shape index (κ2) is 8.00. The van der Waals surface area contributed by atoms with Crippen LogP contribution in [-0.4, -0.2) is 42.6 Å². The van der Waals surface area contributed by atoms with Gasteiger partial charge in [0.15, 0.2) is 14.6 Å². The van der Waals surface area contributed by atoms with Crippen molar-refractivity contribution >= 4 is 8.32 Å². The Hall–Kier alpha value is -0.203. The molecule has 1 aliphatic heterocycles. The summed E-state index contributed by atoms with van der Waals surface area (Å²) in [4.78, 5) is 0. The predicted octanol–water partition coefficient (Wildman–Crippen LogP) is 3.84. The van der Waals surface area contributed by atoms with Crippen LogP contribution in [0.25, 0.3) is 0 Å². The average molecular weight is 357 g/mol. The fraction of sp³-hybridized carbons (Fsp3) is 0.895. The molecule has 0 spiro atoms. The maximum Gasteiger partial charge on any atom is 0.184 e. The molecule has 0 aromatic rings. The van der Waals surface area contributed by atoms with Crippen LogP contribution in [0.5, 0.6) is 0 Å². The standard InChI is InChI=1S/C19H36O4Si/c1-6-7-8-10-19(2,21)11-9-14-15-12-18(20)22-16(15)13-17(14)23-24(3,4)5/h9,11,14-18,20-21H,6-8,10,12-13H2,1-5H3/b11-9+/t14-,15?,16+,17-,18?,19?/m1/s1. The summed E-state index contributed by atoms with van der Waals surface area (Å²) >= 11 is 0. The first-order chi connectivity index (χ1) is 11.1. The Kier molecular flexibility index (Phi) is 6.70. The topological polar surface area (TPSA) is 58.9 Å². The van der Waals surface area contributed by atoms with Crippen molar-refractivity contribution < 1.29 is 19.4 Å². The molecule has 2 aliphatic rings. The van der Waals surface area contributed by atoms with E-state index in [1.54, 1.807) is 0 Å². The van der Waals surface area contributed by atoms with Gasteiger partial charge in [-0.1, -0.05) is 38.3 Å². The zero-order chi connectivity index (χ0) is 18.0. The van der Waals surface area contributed by atoms with Crippen molar-refractivity contribution in [1.82, 2.24) is 0 Å². The summed E-state index contributed by atoms with van der Waals surface area (Å²) in [6.45, 7) is 10.7. The summed E-state index contributed by atoms with van der Waals surface area (Å²) < 4.78 is 12.1. The first-order valence-electron chi connectivity index (χ1n) is 9.54. The van der Waals surface area contributed by atoms with Crippen LogP contribution < -0.4 is 0 Å². The van der Waals surface area contributed by atoms with Gasteiger partial charge in [-0.05, 0) is 45.3 Å². The molecule has 0 aromatic carbocycles. The molecule has 1 saturated carbocycles. The summed E-state index contributed by atoms with van der Waals surface area (Å²) in [5.74, 6) is 0.514. The van der Waals surface area contributed by atoms with Crippen molar-refractivity contribution in [2.24, 2.45) is 11.8 Å². The first-order valence-corrected chi connectivity index (χ1v) is 13.0. The minimum Gasteiger partial charge on any atom is -0.414 e. The Morgan fingerprint density at radius 1 is 1.25 bits per heavy atom. The van der Waals surface area contributed by atoms with Crippen LogP contribution in [0.1, 0.15) is 52.4 Å². The lowest BCUT2D eigenvalue weighted by Gasteiger charge is -2.29. The fourth-order valence-electron chi connectivity index (χ4n) is 4.02. The third-order valence-corrected chi connectivity index (χ3v) is 6.15. The third-order valence-electron chi connectivity index (χ3n) is 5.14. The second-order valence-electron chi connectivity index (χ2n) is 8.78. The Labute approximate surface area is 148 Å². The van der Waals surface area contributed by atoms with Crippen LogP contribution in [0.2, 0.25) is 19.6 Å². The number of fused-ring (bicyclic) bond motifs is 1. The normalized spacial score (nSPS) is 36.2. The number of ether oxygens (including phenoxy) is 1. The van der Waals surface area contributed by atoms with E-state index in [4.69, 9.17) is 9.16 Å². The van der Waals surface area contributed by atoms with Gasteiger partial charge in [-0.25, -0.2) is 0 Å². The fourth-order valence-corrected chi connectivity index (χ4v) is 5.18. The SMILES string of the molecule is CCCCCC(C)(O)/C=C/[C@@H]1C2CC(O)O[C@H]2C[C@H]1O[Si](C)(C)C. The molecule has 0 radical (unpaired) electrons.